The molecule has 1 amide bonds. The van der Waals surface area contributed by atoms with Crippen molar-refractivity contribution in [2.45, 2.75) is 19.9 Å². The molecule has 126 valence electrons. The fraction of sp³-hybridized carbons (Fsp3) is 0.167. The lowest BCUT2D eigenvalue weighted by molar-refractivity contribution is -0.115. The number of benzene rings is 1. The SMILES string of the molecule is CC1=C(C(N)=O)C(c2ccc(C)o2)n2nc(-c3ccccc3)nc2N1. The number of fused-ring (bicyclic) bond motifs is 1. The second-order valence-corrected chi connectivity index (χ2v) is 5.95. The van der Waals surface area contributed by atoms with Crippen LogP contribution in [-0.2, 0) is 4.79 Å². The fourth-order valence-corrected chi connectivity index (χ4v) is 3.04. The first-order valence-electron chi connectivity index (χ1n) is 7.90. The number of allylic oxidation sites excluding steroid dienone is 1. The van der Waals surface area contributed by atoms with E-state index in [1.807, 2.05) is 49.4 Å². The molecular weight excluding hydrogens is 318 g/mol. The number of amides is 1. The van der Waals surface area contributed by atoms with E-state index >= 15 is 0 Å². The molecule has 0 saturated heterocycles. The summed E-state index contributed by atoms with van der Waals surface area (Å²) in [7, 11) is 0. The number of carbonyl (C=O) groups is 1. The third-order valence-corrected chi connectivity index (χ3v) is 4.18. The molecule has 4 rings (SSSR count). The normalized spacial score (nSPS) is 16.5. The first-order valence-corrected chi connectivity index (χ1v) is 7.90. The van der Waals surface area contributed by atoms with Gasteiger partial charge in [-0.15, -0.1) is 5.10 Å². The van der Waals surface area contributed by atoms with Crippen LogP contribution in [0.3, 0.4) is 0 Å². The number of carbonyl (C=O) groups excluding carboxylic acids is 1. The van der Waals surface area contributed by atoms with E-state index in [-0.39, 0.29) is 0 Å². The maximum absolute atomic E-state index is 12.1. The Morgan fingerprint density at radius 3 is 2.60 bits per heavy atom. The van der Waals surface area contributed by atoms with Crippen molar-refractivity contribution in [3.63, 3.8) is 0 Å². The van der Waals surface area contributed by atoms with E-state index in [0.717, 1.165) is 11.3 Å². The summed E-state index contributed by atoms with van der Waals surface area (Å²) in [5.74, 6) is 1.93. The molecule has 0 radical (unpaired) electrons. The zero-order valence-corrected chi connectivity index (χ0v) is 13.9. The molecule has 0 saturated carbocycles. The number of aromatic nitrogens is 3. The number of hydrogen-bond donors (Lipinski definition) is 2. The number of rotatable bonds is 3. The van der Waals surface area contributed by atoms with Gasteiger partial charge in [0.25, 0.3) is 0 Å². The maximum Gasteiger partial charge on any atom is 0.249 e. The minimum absolute atomic E-state index is 0.409. The van der Waals surface area contributed by atoms with Crippen LogP contribution in [0.5, 0.6) is 0 Å². The predicted octanol–water partition coefficient (Wildman–Crippen LogP) is 2.62. The molecule has 2 aromatic heterocycles. The monoisotopic (exact) mass is 335 g/mol. The van der Waals surface area contributed by atoms with Gasteiger partial charge in [-0.05, 0) is 26.0 Å². The van der Waals surface area contributed by atoms with Crippen LogP contribution in [0.1, 0.15) is 24.5 Å². The number of nitrogens with zero attached hydrogens (tertiary/aromatic N) is 3. The van der Waals surface area contributed by atoms with Crippen LogP contribution in [-0.4, -0.2) is 20.7 Å². The van der Waals surface area contributed by atoms with Crippen LogP contribution < -0.4 is 11.1 Å². The smallest absolute Gasteiger partial charge is 0.249 e. The zero-order chi connectivity index (χ0) is 17.6. The van der Waals surface area contributed by atoms with Crippen molar-refractivity contribution in [2.75, 3.05) is 5.32 Å². The van der Waals surface area contributed by atoms with Crippen molar-refractivity contribution in [3.05, 3.63) is 65.3 Å². The van der Waals surface area contributed by atoms with E-state index in [9.17, 15) is 4.79 Å². The summed E-state index contributed by atoms with van der Waals surface area (Å²) in [6, 6.07) is 12.8. The number of hydrogen-bond acceptors (Lipinski definition) is 5. The Bertz CT molecular complexity index is 984. The lowest BCUT2D eigenvalue weighted by atomic mass is 10.0. The minimum Gasteiger partial charge on any atom is -0.464 e. The highest BCUT2D eigenvalue weighted by Crippen LogP contribution is 2.36. The number of furan rings is 1. The second-order valence-electron chi connectivity index (χ2n) is 5.95. The van der Waals surface area contributed by atoms with E-state index in [0.29, 0.717) is 28.8 Å². The van der Waals surface area contributed by atoms with Crippen LogP contribution in [0.2, 0.25) is 0 Å². The fourth-order valence-electron chi connectivity index (χ4n) is 3.04. The van der Waals surface area contributed by atoms with Crippen molar-refractivity contribution in [3.8, 4) is 11.4 Å². The number of nitrogens with two attached hydrogens (primary N) is 1. The van der Waals surface area contributed by atoms with Crippen LogP contribution >= 0.6 is 0 Å². The highest BCUT2D eigenvalue weighted by Gasteiger charge is 2.35. The molecule has 1 atom stereocenters. The van der Waals surface area contributed by atoms with Crippen LogP contribution in [0, 0.1) is 6.92 Å². The Morgan fingerprint density at radius 2 is 1.96 bits per heavy atom. The van der Waals surface area contributed by atoms with Crippen molar-refractivity contribution >= 4 is 11.9 Å². The molecule has 3 N–H and O–H groups in total. The highest BCUT2D eigenvalue weighted by molar-refractivity contribution is 5.95. The van der Waals surface area contributed by atoms with Gasteiger partial charge >= 0.3 is 0 Å². The lowest BCUT2D eigenvalue weighted by Gasteiger charge is -2.25. The molecule has 0 bridgehead atoms. The first kappa shape index (κ1) is 15.2. The van der Waals surface area contributed by atoms with Gasteiger partial charge in [0.1, 0.15) is 17.6 Å². The lowest BCUT2D eigenvalue weighted by Crippen LogP contribution is -2.31. The van der Waals surface area contributed by atoms with Crippen LogP contribution in [0.15, 0.2) is 58.2 Å². The summed E-state index contributed by atoms with van der Waals surface area (Å²) in [5, 5.41) is 7.71. The summed E-state index contributed by atoms with van der Waals surface area (Å²) >= 11 is 0. The van der Waals surface area contributed by atoms with Gasteiger partial charge in [-0.3, -0.25) is 4.79 Å². The number of anilines is 1. The van der Waals surface area contributed by atoms with E-state index in [1.165, 1.54) is 0 Å². The van der Waals surface area contributed by atoms with Gasteiger partial charge in [0.05, 0.1) is 5.57 Å². The topological polar surface area (TPSA) is 99.0 Å². The molecule has 0 fully saturated rings. The quantitative estimate of drug-likeness (QED) is 0.766. The minimum atomic E-state index is -0.549. The Kier molecular flexibility index (Phi) is 3.42. The molecule has 1 aromatic carbocycles. The third kappa shape index (κ3) is 2.50. The Morgan fingerprint density at radius 1 is 1.20 bits per heavy atom. The van der Waals surface area contributed by atoms with Crippen LogP contribution in [0.4, 0.5) is 5.95 Å². The van der Waals surface area contributed by atoms with Gasteiger partial charge < -0.3 is 15.5 Å². The second kappa shape index (κ2) is 5.62. The Hall–Kier alpha value is -3.35. The standard InChI is InChI=1S/C18H17N5O2/c1-10-8-9-13(25-10)15-14(16(19)24)11(2)20-18-21-17(22-23(15)18)12-6-4-3-5-7-12/h3-9,15H,1-2H3,(H2,19,24)(H,20,21,22). The molecule has 7 nitrogen and oxygen atoms in total. The summed E-state index contributed by atoms with van der Waals surface area (Å²) in [5.41, 5.74) is 7.57. The van der Waals surface area contributed by atoms with Gasteiger partial charge in [0.15, 0.2) is 5.82 Å². The van der Waals surface area contributed by atoms with E-state index in [4.69, 9.17) is 10.2 Å². The predicted molar refractivity (Wildman–Crippen MR) is 92.6 cm³/mol. The first-order chi connectivity index (χ1) is 12.0. The highest BCUT2D eigenvalue weighted by atomic mass is 16.3. The molecule has 1 aliphatic heterocycles. The summed E-state index contributed by atoms with van der Waals surface area (Å²) in [6.07, 6.45) is 0. The largest absolute Gasteiger partial charge is 0.464 e. The number of nitrogens with one attached hydrogen (secondary N) is 1. The van der Waals surface area contributed by atoms with E-state index in [1.54, 1.807) is 11.6 Å². The van der Waals surface area contributed by atoms with Crippen molar-refractivity contribution in [1.82, 2.24) is 14.8 Å². The molecule has 1 unspecified atom stereocenters. The third-order valence-electron chi connectivity index (χ3n) is 4.18. The number of primary amides is 1. The molecule has 1 aliphatic rings. The van der Waals surface area contributed by atoms with Gasteiger partial charge in [0, 0.05) is 11.3 Å². The van der Waals surface area contributed by atoms with Crippen LogP contribution in [0.25, 0.3) is 11.4 Å². The Balaban J connectivity index is 1.89. The Labute approximate surface area is 144 Å². The van der Waals surface area contributed by atoms with Crippen molar-refractivity contribution in [2.24, 2.45) is 5.73 Å². The summed E-state index contributed by atoms with van der Waals surface area (Å²) in [6.45, 7) is 3.64. The molecule has 3 heterocycles. The van der Waals surface area contributed by atoms with Gasteiger partial charge in [-0.25, -0.2) is 4.68 Å². The molecule has 25 heavy (non-hydrogen) atoms. The van der Waals surface area contributed by atoms with E-state index < -0.39 is 11.9 Å². The van der Waals surface area contributed by atoms with Gasteiger partial charge in [0.2, 0.25) is 11.9 Å². The van der Waals surface area contributed by atoms with Gasteiger partial charge in [-0.2, -0.15) is 4.98 Å². The molecule has 3 aromatic rings. The van der Waals surface area contributed by atoms with Crippen molar-refractivity contribution < 1.29 is 9.21 Å². The molecular formula is C18H17N5O2. The molecule has 7 heteroatoms. The average molecular weight is 335 g/mol. The van der Waals surface area contributed by atoms with E-state index in [2.05, 4.69) is 15.4 Å². The summed E-state index contributed by atoms with van der Waals surface area (Å²) in [4.78, 5) is 16.6. The molecule has 0 spiro atoms. The summed E-state index contributed by atoms with van der Waals surface area (Å²) < 4.78 is 7.41. The van der Waals surface area contributed by atoms with Gasteiger partial charge in [-0.1, -0.05) is 30.3 Å². The van der Waals surface area contributed by atoms with Crippen molar-refractivity contribution in [1.29, 1.82) is 0 Å². The zero-order valence-electron chi connectivity index (χ0n) is 13.9. The number of aryl methyl sites for hydroxylation is 1. The molecule has 0 aliphatic carbocycles. The average Bonchev–Trinajstić information content (AvgIpc) is 3.20. The maximum atomic E-state index is 12.1.